The summed E-state index contributed by atoms with van der Waals surface area (Å²) < 4.78 is 22.0. The molecule has 0 fully saturated rings. The lowest BCUT2D eigenvalue weighted by Gasteiger charge is -2.17. The number of fused-ring (bicyclic) bond motifs is 2. The van der Waals surface area contributed by atoms with E-state index in [2.05, 4.69) is 42.5 Å². The maximum absolute atomic E-state index is 11.9. The average Bonchev–Trinajstić information content (AvgIpc) is 3.37. The Morgan fingerprint density at radius 3 is 2.56 bits per heavy atom. The van der Waals surface area contributed by atoms with Crippen LogP contribution in [0.5, 0.6) is 11.5 Å². The monoisotopic (exact) mass is 489 g/mol. The summed E-state index contributed by atoms with van der Waals surface area (Å²) in [5, 5.41) is 9.20. The number of H-pyrrole nitrogens is 1. The van der Waals surface area contributed by atoms with Gasteiger partial charge in [-0.2, -0.15) is 9.97 Å². The number of aromatic nitrogens is 4. The number of para-hydroxylation sites is 2. The Balaban J connectivity index is 1.43. The summed E-state index contributed by atoms with van der Waals surface area (Å²) in [7, 11) is 0. The highest BCUT2D eigenvalue weighted by Gasteiger charge is 2.14. The van der Waals surface area contributed by atoms with Crippen molar-refractivity contribution in [1.29, 1.82) is 0 Å². The molecule has 0 spiro atoms. The Bertz CT molecular complexity index is 1390. The predicted molar refractivity (Wildman–Crippen MR) is 133 cm³/mol. The Labute approximate surface area is 205 Å². The maximum atomic E-state index is 11.9. The molecule has 4 aromatic rings. The fourth-order valence-electron chi connectivity index (χ4n) is 3.38. The second-order valence-corrected chi connectivity index (χ2v) is 7.49. The van der Waals surface area contributed by atoms with Crippen LogP contribution in [0, 0.1) is 0 Å². The maximum Gasteiger partial charge on any atom is 0.247 e. The fourth-order valence-corrected chi connectivity index (χ4v) is 3.38. The molecule has 1 amide bonds. The number of hydrogen-bond donors (Lipinski definition) is 4. The number of anilines is 5. The molecule has 36 heavy (non-hydrogen) atoms. The molecular formula is C24H23N7O5. The van der Waals surface area contributed by atoms with E-state index in [1.165, 1.54) is 12.4 Å². The molecule has 0 bridgehead atoms. The third kappa shape index (κ3) is 5.35. The molecule has 12 heteroatoms. The fraction of sp³-hybridized carbons (Fsp3) is 0.167. The summed E-state index contributed by atoms with van der Waals surface area (Å²) >= 11 is 0. The second-order valence-electron chi connectivity index (χ2n) is 7.49. The highest BCUT2D eigenvalue weighted by molar-refractivity contribution is 6.01. The van der Waals surface area contributed by atoms with Crippen LogP contribution in [0.3, 0.4) is 0 Å². The Morgan fingerprint density at radius 2 is 1.75 bits per heavy atom. The molecule has 0 saturated carbocycles. The zero-order chi connectivity index (χ0) is 24.7. The highest BCUT2D eigenvalue weighted by atomic mass is 16.7. The van der Waals surface area contributed by atoms with Gasteiger partial charge < -0.3 is 39.9 Å². The van der Waals surface area contributed by atoms with Crippen molar-refractivity contribution in [3.05, 3.63) is 61.4 Å². The lowest BCUT2D eigenvalue weighted by Crippen LogP contribution is -2.14. The summed E-state index contributed by atoms with van der Waals surface area (Å²) in [6.07, 6.45) is 2.74. The van der Waals surface area contributed by atoms with Gasteiger partial charge in [0, 0.05) is 11.8 Å². The summed E-state index contributed by atoms with van der Waals surface area (Å²) in [5.74, 6) is 1.44. The van der Waals surface area contributed by atoms with Crippen LogP contribution < -0.4 is 25.4 Å². The predicted octanol–water partition coefficient (Wildman–Crippen LogP) is 3.68. The number of amides is 1. The van der Waals surface area contributed by atoms with E-state index >= 15 is 0 Å². The second kappa shape index (κ2) is 10.7. The highest BCUT2D eigenvalue weighted by Crippen LogP contribution is 2.33. The number of nitrogens with one attached hydrogen (secondary N) is 4. The largest absolute Gasteiger partial charge is 0.464 e. The number of nitrogens with zero attached hydrogens (tertiary/aromatic N) is 3. The molecule has 0 unspecified atom stereocenters. The van der Waals surface area contributed by atoms with Crippen molar-refractivity contribution in [1.82, 2.24) is 19.9 Å². The summed E-state index contributed by atoms with van der Waals surface area (Å²) in [4.78, 5) is 28.3. The number of hydrogen-bond acceptors (Lipinski definition) is 10. The molecule has 12 nitrogen and oxygen atoms in total. The zero-order valence-electron chi connectivity index (χ0n) is 19.1. The van der Waals surface area contributed by atoms with Crippen LogP contribution in [-0.2, 0) is 14.3 Å². The topological polar surface area (TPSA) is 145 Å². The molecule has 2 aromatic heterocycles. The minimum atomic E-state index is -0.325. The van der Waals surface area contributed by atoms with Gasteiger partial charge in [-0.1, -0.05) is 18.7 Å². The molecule has 3 heterocycles. The van der Waals surface area contributed by atoms with Crippen LogP contribution in [0.25, 0.3) is 11.2 Å². The SMILES string of the molecule is C=CC(=O)Nc1ccccc1Nc1nc(Nc2ccc3c(c2)OCOCCOCO3)nc2nc[nH]c12. The number of carbonyl (C=O) groups is 1. The van der Waals surface area contributed by atoms with Gasteiger partial charge in [-0.05, 0) is 30.3 Å². The summed E-state index contributed by atoms with van der Waals surface area (Å²) in [6, 6.07) is 12.6. The number of benzene rings is 2. The van der Waals surface area contributed by atoms with Crippen molar-refractivity contribution in [2.75, 3.05) is 42.8 Å². The van der Waals surface area contributed by atoms with Crippen LogP contribution in [-0.4, -0.2) is 52.6 Å². The summed E-state index contributed by atoms with van der Waals surface area (Å²) in [6.45, 7) is 4.48. The molecule has 5 rings (SSSR count). The number of carbonyl (C=O) groups excluding carboxylic acids is 1. The third-order valence-electron chi connectivity index (χ3n) is 5.08. The van der Waals surface area contributed by atoms with Crippen molar-refractivity contribution < 1.29 is 23.7 Å². The minimum Gasteiger partial charge on any atom is -0.464 e. The van der Waals surface area contributed by atoms with Gasteiger partial charge in [0.1, 0.15) is 5.52 Å². The van der Waals surface area contributed by atoms with Crippen molar-refractivity contribution in [2.24, 2.45) is 0 Å². The molecule has 2 aromatic carbocycles. The molecule has 4 N–H and O–H groups in total. The zero-order valence-corrected chi connectivity index (χ0v) is 19.1. The average molecular weight is 489 g/mol. The molecular weight excluding hydrogens is 466 g/mol. The molecule has 1 aliphatic rings. The van der Waals surface area contributed by atoms with Crippen LogP contribution in [0.4, 0.5) is 28.8 Å². The number of ether oxygens (including phenoxy) is 4. The summed E-state index contributed by atoms with van der Waals surface area (Å²) in [5.41, 5.74) is 2.92. The normalized spacial score (nSPS) is 13.6. The Hall–Kier alpha value is -4.68. The molecule has 0 atom stereocenters. The van der Waals surface area contributed by atoms with E-state index in [1.54, 1.807) is 24.3 Å². The van der Waals surface area contributed by atoms with E-state index in [0.717, 1.165) is 0 Å². The standard InChI is InChI=1S/C24H23N7O5/c1-2-20(32)28-16-5-3-4-6-17(16)29-23-21-22(26-12-25-21)30-24(31-23)27-15-7-8-18-19(11-15)36-14-34-10-9-33-13-35-18/h2-8,11-12H,1,9-10,13-14H2,(H,28,32)(H3,25,26,27,29,30,31). The van der Waals surface area contributed by atoms with Crippen LogP contribution >= 0.6 is 0 Å². The quantitative estimate of drug-likeness (QED) is 0.296. The lowest BCUT2D eigenvalue weighted by molar-refractivity contribution is -0.111. The lowest BCUT2D eigenvalue weighted by atomic mass is 10.2. The van der Waals surface area contributed by atoms with Gasteiger partial charge in [-0.3, -0.25) is 4.79 Å². The minimum absolute atomic E-state index is 0.0643. The first-order valence-corrected chi connectivity index (χ1v) is 11.0. The van der Waals surface area contributed by atoms with Crippen LogP contribution in [0.1, 0.15) is 0 Å². The molecule has 0 aliphatic carbocycles. The van der Waals surface area contributed by atoms with Crippen molar-refractivity contribution in [2.45, 2.75) is 0 Å². The number of imidazole rings is 1. The van der Waals surface area contributed by atoms with E-state index in [1.807, 2.05) is 18.2 Å². The smallest absolute Gasteiger partial charge is 0.247 e. The Kier molecular flexibility index (Phi) is 6.87. The van der Waals surface area contributed by atoms with Crippen molar-refractivity contribution >= 4 is 45.9 Å². The van der Waals surface area contributed by atoms with Gasteiger partial charge in [-0.25, -0.2) is 4.98 Å². The van der Waals surface area contributed by atoms with Gasteiger partial charge in [0.05, 0.1) is 30.9 Å². The third-order valence-corrected chi connectivity index (χ3v) is 5.08. The van der Waals surface area contributed by atoms with Crippen LogP contribution in [0.2, 0.25) is 0 Å². The molecule has 1 aliphatic heterocycles. The van der Waals surface area contributed by atoms with E-state index < -0.39 is 0 Å². The van der Waals surface area contributed by atoms with Gasteiger partial charge >= 0.3 is 0 Å². The first-order chi connectivity index (χ1) is 17.7. The van der Waals surface area contributed by atoms with Gasteiger partial charge in [0.15, 0.2) is 36.5 Å². The number of rotatable bonds is 6. The van der Waals surface area contributed by atoms with E-state index in [0.29, 0.717) is 64.7 Å². The van der Waals surface area contributed by atoms with Crippen molar-refractivity contribution in [3.63, 3.8) is 0 Å². The first-order valence-electron chi connectivity index (χ1n) is 11.0. The first kappa shape index (κ1) is 23.1. The molecule has 0 saturated heterocycles. The molecule has 184 valence electrons. The Morgan fingerprint density at radius 1 is 0.972 bits per heavy atom. The van der Waals surface area contributed by atoms with Gasteiger partial charge in [0.2, 0.25) is 11.9 Å². The van der Waals surface area contributed by atoms with Gasteiger partial charge in [-0.15, -0.1) is 0 Å². The van der Waals surface area contributed by atoms with E-state index in [4.69, 9.17) is 18.9 Å². The van der Waals surface area contributed by atoms with Gasteiger partial charge in [0.25, 0.3) is 0 Å². The van der Waals surface area contributed by atoms with Crippen molar-refractivity contribution in [3.8, 4) is 11.5 Å². The van der Waals surface area contributed by atoms with E-state index in [-0.39, 0.29) is 19.5 Å². The number of aromatic amines is 1. The van der Waals surface area contributed by atoms with Crippen LogP contribution in [0.15, 0.2) is 61.4 Å². The van der Waals surface area contributed by atoms with E-state index in [9.17, 15) is 4.79 Å². The molecule has 0 radical (unpaired) electrons.